The van der Waals surface area contributed by atoms with Crippen molar-refractivity contribution in [3.63, 3.8) is 0 Å². The van der Waals surface area contributed by atoms with Crippen LogP contribution >= 0.6 is 24.0 Å². The highest BCUT2D eigenvalue weighted by Crippen LogP contribution is 2.34. The molecule has 1 amide bonds. The summed E-state index contributed by atoms with van der Waals surface area (Å²) < 4.78 is 30.8. The molecule has 1 aliphatic heterocycles. The predicted molar refractivity (Wildman–Crippen MR) is 216 cm³/mol. The van der Waals surface area contributed by atoms with Crippen molar-refractivity contribution in [3.8, 4) is 23.1 Å². The fourth-order valence-electron chi connectivity index (χ4n) is 6.05. The van der Waals surface area contributed by atoms with Crippen molar-refractivity contribution in [2.24, 2.45) is 0 Å². The Morgan fingerprint density at radius 2 is 1.52 bits per heavy atom. The Kier molecular flexibility index (Phi) is 14.5. The number of carbonyl (C=O) groups excluding carboxylic acids is 1. The van der Waals surface area contributed by atoms with Crippen molar-refractivity contribution in [1.29, 1.82) is 0 Å². The maximum Gasteiger partial charge on any atom is 0.246 e. The van der Waals surface area contributed by atoms with Gasteiger partial charge < -0.3 is 19.1 Å². The van der Waals surface area contributed by atoms with Crippen molar-refractivity contribution >= 4 is 36.0 Å². The Labute approximate surface area is 328 Å². The zero-order valence-corrected chi connectivity index (χ0v) is 32.4. The molecule has 1 saturated heterocycles. The molecule has 282 valence electrons. The number of pyridine rings is 1. The van der Waals surface area contributed by atoms with Crippen LogP contribution in [0.3, 0.4) is 0 Å². The number of aryl methyl sites for hydroxylation is 1. The number of piperazine rings is 1. The highest BCUT2D eigenvalue weighted by Gasteiger charge is 2.20. The van der Waals surface area contributed by atoms with Gasteiger partial charge in [0, 0.05) is 51.3 Å². The molecular weight excluding hydrogens is 724 g/mol. The smallest absolute Gasteiger partial charge is 0.246 e. The minimum atomic E-state index is -0.288. The molecule has 6 rings (SSSR count). The van der Waals surface area contributed by atoms with Crippen LogP contribution in [-0.4, -0.2) is 53.5 Å². The predicted octanol–water partition coefficient (Wildman–Crippen LogP) is 10.1. The average molecular weight is 771 g/mol. The van der Waals surface area contributed by atoms with Crippen LogP contribution in [0, 0.1) is 12.7 Å². The Morgan fingerprint density at radius 3 is 2.17 bits per heavy atom. The number of hydrogen-bond acceptors (Lipinski definition) is 6. The van der Waals surface area contributed by atoms with E-state index in [1.54, 1.807) is 48.7 Å². The van der Waals surface area contributed by atoms with Crippen LogP contribution in [0.1, 0.15) is 53.1 Å². The number of rotatable bonds is 14. The second-order valence-electron chi connectivity index (χ2n) is 13.6. The molecule has 5 aromatic rings. The van der Waals surface area contributed by atoms with E-state index in [0.29, 0.717) is 54.6 Å². The van der Waals surface area contributed by atoms with Crippen LogP contribution in [0.4, 0.5) is 4.39 Å². The second-order valence-corrected chi connectivity index (χ2v) is 14.0. The van der Waals surface area contributed by atoms with E-state index < -0.39 is 0 Å². The molecule has 0 saturated carbocycles. The normalized spacial score (nSPS) is 13.2. The van der Waals surface area contributed by atoms with Gasteiger partial charge in [-0.05, 0) is 94.8 Å². The van der Waals surface area contributed by atoms with Gasteiger partial charge in [0.15, 0.2) is 5.75 Å². The molecule has 0 spiro atoms. The van der Waals surface area contributed by atoms with Gasteiger partial charge in [0.25, 0.3) is 0 Å². The molecule has 0 aliphatic carbocycles. The van der Waals surface area contributed by atoms with Gasteiger partial charge in [0.2, 0.25) is 11.8 Å². The summed E-state index contributed by atoms with van der Waals surface area (Å²) >= 11 is 6.61. The molecule has 1 fully saturated rings. The molecule has 7 nitrogen and oxygen atoms in total. The highest BCUT2D eigenvalue weighted by atomic mass is 35.5. The summed E-state index contributed by atoms with van der Waals surface area (Å²) in [5, 5.41) is 0.415. The summed E-state index contributed by atoms with van der Waals surface area (Å²) in [5.41, 5.74) is 6.30. The molecule has 0 radical (unpaired) electrons. The lowest BCUT2D eigenvalue weighted by Gasteiger charge is -2.34. The molecule has 0 unspecified atom stereocenters. The van der Waals surface area contributed by atoms with Gasteiger partial charge in [0.05, 0.1) is 17.8 Å². The molecule has 0 bridgehead atoms. The van der Waals surface area contributed by atoms with Crippen LogP contribution in [-0.2, 0) is 24.4 Å². The minimum Gasteiger partial charge on any atom is -0.493 e. The quantitative estimate of drug-likeness (QED) is 0.105. The zero-order chi connectivity index (χ0) is 37.2. The molecule has 54 heavy (non-hydrogen) atoms. The van der Waals surface area contributed by atoms with Crippen LogP contribution in [0.2, 0.25) is 5.02 Å². The van der Waals surface area contributed by atoms with E-state index in [-0.39, 0.29) is 24.1 Å². The number of benzene rings is 4. The van der Waals surface area contributed by atoms with Crippen LogP contribution in [0.5, 0.6) is 23.1 Å². The fraction of sp³-hybridized carbons (Fsp3) is 0.273. The first-order valence-electron chi connectivity index (χ1n) is 18.0. The molecule has 2 heterocycles. The number of amides is 1. The van der Waals surface area contributed by atoms with Gasteiger partial charge in [-0.1, -0.05) is 74.0 Å². The van der Waals surface area contributed by atoms with Crippen molar-refractivity contribution in [1.82, 2.24) is 14.8 Å². The van der Waals surface area contributed by atoms with E-state index in [1.807, 2.05) is 30.0 Å². The monoisotopic (exact) mass is 769 g/mol. The summed E-state index contributed by atoms with van der Waals surface area (Å²) in [6.45, 7) is 11.1. The van der Waals surface area contributed by atoms with Gasteiger partial charge >= 0.3 is 0 Å². The van der Waals surface area contributed by atoms with Gasteiger partial charge in [-0.25, -0.2) is 9.37 Å². The summed E-state index contributed by atoms with van der Waals surface area (Å²) in [7, 11) is 0. The summed E-state index contributed by atoms with van der Waals surface area (Å²) in [5.74, 6) is 2.53. The van der Waals surface area contributed by atoms with E-state index >= 15 is 0 Å². The van der Waals surface area contributed by atoms with E-state index in [4.69, 9.17) is 25.8 Å². The van der Waals surface area contributed by atoms with Gasteiger partial charge in [-0.3, -0.25) is 9.69 Å². The molecule has 10 heteroatoms. The molecular formula is C44H46Cl2FN3O4. The number of nitrogens with zero attached hydrogens (tertiary/aromatic N) is 3. The Hall–Kier alpha value is -4.89. The second kappa shape index (κ2) is 19.4. The third kappa shape index (κ3) is 11.6. The topological polar surface area (TPSA) is 64.1 Å². The zero-order valence-electron chi connectivity index (χ0n) is 30.8. The summed E-state index contributed by atoms with van der Waals surface area (Å²) in [4.78, 5) is 21.7. The maximum atomic E-state index is 13.1. The average Bonchev–Trinajstić information content (AvgIpc) is 3.17. The Balaban J connectivity index is 0.00000561. The van der Waals surface area contributed by atoms with Crippen LogP contribution in [0.15, 0.2) is 109 Å². The van der Waals surface area contributed by atoms with Crippen LogP contribution in [0.25, 0.3) is 6.08 Å². The minimum absolute atomic E-state index is 0. The van der Waals surface area contributed by atoms with Crippen LogP contribution < -0.4 is 14.2 Å². The number of halogens is 3. The van der Waals surface area contributed by atoms with Crippen molar-refractivity contribution in [2.45, 2.75) is 46.3 Å². The maximum absolute atomic E-state index is 13.1. The van der Waals surface area contributed by atoms with Gasteiger partial charge in [-0.2, -0.15) is 0 Å². The largest absolute Gasteiger partial charge is 0.493 e. The fourth-order valence-corrected chi connectivity index (χ4v) is 6.37. The molecule has 4 aromatic carbocycles. The highest BCUT2D eigenvalue weighted by molar-refractivity contribution is 6.32. The number of hydrogen-bond donors (Lipinski definition) is 0. The lowest BCUT2D eigenvalue weighted by molar-refractivity contribution is -0.127. The van der Waals surface area contributed by atoms with E-state index in [0.717, 1.165) is 48.5 Å². The summed E-state index contributed by atoms with van der Waals surface area (Å²) in [6, 6.07) is 30.4. The standard InChI is InChI=1S/C44H45ClFN3O4.ClH/c1-31(2)37-11-15-39(16-12-37)51-25-20-33-4-6-34(7-5-33)29-48-21-23-49(24-22-48)43(50)19-10-36-26-32(3)44(41(45)27-36)53-42-18-17-40(28-47-42)52-30-35-8-13-38(46)14-9-35;/h4-19,26-28,31H,20-25,29-30H2,1-3H3;1H/b19-10+;. The first-order chi connectivity index (χ1) is 25.7. The summed E-state index contributed by atoms with van der Waals surface area (Å²) in [6.07, 6.45) is 5.82. The molecule has 1 aliphatic rings. The first kappa shape index (κ1) is 40.3. The van der Waals surface area contributed by atoms with Gasteiger partial charge in [-0.15, -0.1) is 12.4 Å². The van der Waals surface area contributed by atoms with Crippen molar-refractivity contribution < 1.29 is 23.4 Å². The van der Waals surface area contributed by atoms with Crippen molar-refractivity contribution in [3.05, 3.63) is 154 Å². The van der Waals surface area contributed by atoms with E-state index in [2.05, 4.69) is 60.1 Å². The number of ether oxygens (including phenoxy) is 3. The number of aromatic nitrogens is 1. The van der Waals surface area contributed by atoms with E-state index in [1.165, 1.54) is 28.8 Å². The lowest BCUT2D eigenvalue weighted by Crippen LogP contribution is -2.47. The lowest BCUT2D eigenvalue weighted by atomic mass is 10.0. The first-order valence-corrected chi connectivity index (χ1v) is 18.4. The number of carbonyl (C=O) groups is 1. The Morgan fingerprint density at radius 1 is 0.852 bits per heavy atom. The third-order valence-corrected chi connectivity index (χ3v) is 9.50. The van der Waals surface area contributed by atoms with Crippen molar-refractivity contribution in [2.75, 3.05) is 32.8 Å². The molecule has 0 atom stereocenters. The van der Waals surface area contributed by atoms with E-state index in [9.17, 15) is 9.18 Å². The third-order valence-electron chi connectivity index (χ3n) is 9.22. The molecule has 1 aromatic heterocycles. The van der Waals surface area contributed by atoms with Gasteiger partial charge in [0.1, 0.15) is 23.9 Å². The Bertz CT molecular complexity index is 1960. The SMILES string of the molecule is Cc1cc(/C=C/C(=O)N2CCN(Cc3ccc(CCOc4ccc(C(C)C)cc4)cc3)CC2)cc(Cl)c1Oc1ccc(OCc2ccc(F)cc2)cn1.Cl. The molecule has 0 N–H and O–H groups in total.